The zero-order chi connectivity index (χ0) is 26.9. The van der Waals surface area contributed by atoms with Gasteiger partial charge in [-0.2, -0.15) is 22.7 Å². The van der Waals surface area contributed by atoms with Crippen LogP contribution in [0, 0.1) is 5.92 Å². The number of likely N-dealkylation sites (tertiary alicyclic amines) is 1. The Labute approximate surface area is 217 Å². The highest BCUT2D eigenvalue weighted by Gasteiger charge is 2.46. The molecule has 4 rings (SSSR count). The van der Waals surface area contributed by atoms with E-state index in [-0.39, 0.29) is 16.6 Å². The SMILES string of the molecule is CO[C@@H](C)c1c(Nc2ccc([C@H](N(C)C(=O)C3CCN(C)CC3)C(F)(F)F)cc2)cnc2nc(Cl)nn12. The van der Waals surface area contributed by atoms with Gasteiger partial charge in [0.1, 0.15) is 0 Å². The second-order valence-corrected chi connectivity index (χ2v) is 9.58. The van der Waals surface area contributed by atoms with Gasteiger partial charge in [-0.25, -0.2) is 4.98 Å². The highest BCUT2D eigenvalue weighted by molar-refractivity contribution is 6.28. The molecule has 1 N–H and O–H groups in total. The fourth-order valence-electron chi connectivity index (χ4n) is 4.63. The van der Waals surface area contributed by atoms with Crippen molar-refractivity contribution < 1.29 is 22.7 Å². The van der Waals surface area contributed by atoms with E-state index in [0.29, 0.717) is 43.0 Å². The molecule has 3 heterocycles. The summed E-state index contributed by atoms with van der Waals surface area (Å²) in [6.07, 6.45) is -2.42. The van der Waals surface area contributed by atoms with Gasteiger partial charge in [0.05, 0.1) is 23.7 Å². The smallest absolute Gasteiger partial charge is 0.375 e. The summed E-state index contributed by atoms with van der Waals surface area (Å²) in [5.74, 6) is -0.613. The summed E-state index contributed by atoms with van der Waals surface area (Å²) in [6.45, 7) is 3.18. The number of aromatic nitrogens is 4. The highest BCUT2D eigenvalue weighted by Crippen LogP contribution is 2.39. The first-order chi connectivity index (χ1) is 17.5. The molecule has 1 aliphatic rings. The molecule has 200 valence electrons. The summed E-state index contributed by atoms with van der Waals surface area (Å²) in [5.41, 5.74) is 1.61. The molecule has 1 aromatic carbocycles. The Hall–Kier alpha value is -2.96. The van der Waals surface area contributed by atoms with Crippen LogP contribution in [0.4, 0.5) is 24.5 Å². The molecular weight excluding hydrogens is 511 g/mol. The van der Waals surface area contributed by atoms with E-state index in [1.165, 1.54) is 49.1 Å². The first-order valence-electron chi connectivity index (χ1n) is 11.8. The molecule has 0 radical (unpaired) electrons. The molecule has 0 aliphatic carbocycles. The van der Waals surface area contributed by atoms with E-state index in [2.05, 4.69) is 25.3 Å². The van der Waals surface area contributed by atoms with E-state index >= 15 is 0 Å². The van der Waals surface area contributed by atoms with Crippen molar-refractivity contribution in [1.82, 2.24) is 29.4 Å². The predicted octanol–water partition coefficient (Wildman–Crippen LogP) is 4.63. The van der Waals surface area contributed by atoms with E-state index in [0.717, 1.165) is 4.90 Å². The Kier molecular flexibility index (Phi) is 7.91. The molecule has 13 heteroatoms. The summed E-state index contributed by atoms with van der Waals surface area (Å²) in [5, 5.41) is 7.34. The van der Waals surface area contributed by atoms with Gasteiger partial charge in [0.2, 0.25) is 11.2 Å². The second-order valence-electron chi connectivity index (χ2n) is 9.25. The molecule has 0 saturated carbocycles. The number of rotatable bonds is 7. The minimum atomic E-state index is -4.63. The lowest BCUT2D eigenvalue weighted by molar-refractivity contribution is -0.191. The Morgan fingerprint density at radius 1 is 1.24 bits per heavy atom. The lowest BCUT2D eigenvalue weighted by atomic mass is 9.94. The normalized spacial score (nSPS) is 17.1. The second kappa shape index (κ2) is 10.8. The number of nitrogens with one attached hydrogen (secondary N) is 1. The standard InChI is InChI=1S/C24H29ClF3N7O2/c1-14(37-4)19-18(13-29-23-31-22(25)32-35(19)23)30-17-7-5-15(6-8-17)20(24(26,27)28)34(3)21(36)16-9-11-33(2)12-10-16/h5-8,13-14,16,20,30H,9-12H2,1-4H3/t14-,20-/m0/s1. The van der Waals surface area contributed by atoms with Gasteiger partial charge in [0, 0.05) is 25.8 Å². The molecule has 2 aromatic heterocycles. The number of hydrogen-bond donors (Lipinski definition) is 1. The monoisotopic (exact) mass is 539 g/mol. The third-order valence-electron chi connectivity index (χ3n) is 6.73. The third kappa shape index (κ3) is 5.81. The zero-order valence-corrected chi connectivity index (χ0v) is 21.7. The molecule has 1 fully saturated rings. The van der Waals surface area contributed by atoms with Gasteiger partial charge in [0.25, 0.3) is 5.78 Å². The third-order valence-corrected chi connectivity index (χ3v) is 6.89. The van der Waals surface area contributed by atoms with Crippen LogP contribution in [0.1, 0.15) is 43.2 Å². The van der Waals surface area contributed by atoms with Crippen LogP contribution >= 0.6 is 11.6 Å². The first-order valence-corrected chi connectivity index (χ1v) is 12.2. The molecule has 0 unspecified atom stereocenters. The Morgan fingerprint density at radius 3 is 2.49 bits per heavy atom. The number of piperidine rings is 1. The van der Waals surface area contributed by atoms with Crippen molar-refractivity contribution >= 4 is 34.7 Å². The van der Waals surface area contributed by atoms with E-state index in [1.54, 1.807) is 0 Å². The average Bonchev–Trinajstić information content (AvgIpc) is 3.24. The summed E-state index contributed by atoms with van der Waals surface area (Å²) >= 11 is 5.94. The van der Waals surface area contributed by atoms with E-state index < -0.39 is 30.1 Å². The Morgan fingerprint density at radius 2 is 1.89 bits per heavy atom. The number of benzene rings is 1. The minimum absolute atomic E-state index is 0.0238. The Bertz CT molecular complexity index is 1240. The number of methoxy groups -OCH3 is 1. The van der Waals surface area contributed by atoms with Gasteiger partial charge in [-0.1, -0.05) is 12.1 Å². The van der Waals surface area contributed by atoms with Crippen LogP contribution in [0.25, 0.3) is 5.78 Å². The maximum absolute atomic E-state index is 14.2. The molecule has 0 spiro atoms. The maximum Gasteiger partial charge on any atom is 0.413 e. The van der Waals surface area contributed by atoms with Gasteiger partial charge >= 0.3 is 6.18 Å². The molecule has 1 aliphatic heterocycles. The lowest BCUT2D eigenvalue weighted by Crippen LogP contribution is -2.45. The fraction of sp³-hybridized carbons (Fsp3) is 0.500. The van der Waals surface area contributed by atoms with Crippen molar-refractivity contribution in [1.29, 1.82) is 0 Å². The van der Waals surface area contributed by atoms with E-state index in [1.807, 2.05) is 14.0 Å². The fourth-order valence-corrected chi connectivity index (χ4v) is 4.78. The van der Waals surface area contributed by atoms with E-state index in [4.69, 9.17) is 16.3 Å². The average molecular weight is 540 g/mol. The van der Waals surface area contributed by atoms with Crippen LogP contribution in [-0.4, -0.2) is 75.8 Å². The highest BCUT2D eigenvalue weighted by atomic mass is 35.5. The van der Waals surface area contributed by atoms with Crippen molar-refractivity contribution in [2.45, 2.75) is 38.1 Å². The van der Waals surface area contributed by atoms with Crippen molar-refractivity contribution in [3.63, 3.8) is 0 Å². The van der Waals surface area contributed by atoms with Crippen molar-refractivity contribution in [3.8, 4) is 0 Å². The maximum atomic E-state index is 14.2. The van der Waals surface area contributed by atoms with Crippen LogP contribution in [0.5, 0.6) is 0 Å². The molecule has 3 aromatic rings. The predicted molar refractivity (Wildman–Crippen MR) is 133 cm³/mol. The van der Waals surface area contributed by atoms with Crippen LogP contribution in [0.15, 0.2) is 30.5 Å². The summed E-state index contributed by atoms with van der Waals surface area (Å²) in [6, 6.07) is 3.75. The number of amides is 1. The van der Waals surface area contributed by atoms with Crippen LogP contribution in [0.2, 0.25) is 5.28 Å². The van der Waals surface area contributed by atoms with Crippen molar-refractivity contribution in [2.24, 2.45) is 5.92 Å². The van der Waals surface area contributed by atoms with E-state index in [9.17, 15) is 18.0 Å². The summed E-state index contributed by atoms with van der Waals surface area (Å²) < 4.78 is 49.4. The first kappa shape index (κ1) is 27.1. The van der Waals surface area contributed by atoms with Crippen molar-refractivity contribution in [3.05, 3.63) is 47.0 Å². The quantitative estimate of drug-likeness (QED) is 0.468. The van der Waals surface area contributed by atoms with Gasteiger partial charge in [-0.05, 0) is 69.2 Å². The topological polar surface area (TPSA) is 87.9 Å². The summed E-state index contributed by atoms with van der Waals surface area (Å²) in [4.78, 5) is 24.2. The molecule has 1 saturated heterocycles. The summed E-state index contributed by atoms with van der Waals surface area (Å²) in [7, 11) is 4.70. The largest absolute Gasteiger partial charge is 0.413 e. The Balaban J connectivity index is 1.59. The minimum Gasteiger partial charge on any atom is -0.375 e. The molecule has 37 heavy (non-hydrogen) atoms. The number of carbonyl (C=O) groups excluding carboxylic acids is 1. The number of fused-ring (bicyclic) bond motifs is 1. The molecule has 1 amide bonds. The number of hydrogen-bond acceptors (Lipinski definition) is 7. The van der Waals surface area contributed by atoms with Gasteiger partial charge in [0.15, 0.2) is 6.04 Å². The van der Waals surface area contributed by atoms with Gasteiger partial charge in [-0.3, -0.25) is 4.79 Å². The number of carbonyl (C=O) groups is 1. The van der Waals surface area contributed by atoms with Gasteiger partial charge < -0.3 is 19.9 Å². The molecule has 2 atom stereocenters. The van der Waals surface area contributed by atoms with Crippen LogP contribution in [-0.2, 0) is 9.53 Å². The van der Waals surface area contributed by atoms with Crippen molar-refractivity contribution in [2.75, 3.05) is 39.6 Å². The zero-order valence-electron chi connectivity index (χ0n) is 21.0. The van der Waals surface area contributed by atoms with Crippen LogP contribution < -0.4 is 5.32 Å². The number of ether oxygens (including phenoxy) is 1. The molecule has 9 nitrogen and oxygen atoms in total. The molecule has 0 bridgehead atoms. The van der Waals surface area contributed by atoms with Crippen LogP contribution in [0.3, 0.4) is 0 Å². The number of halogens is 4. The molecular formula is C24H29ClF3N7O2. The lowest BCUT2D eigenvalue weighted by Gasteiger charge is -2.35. The number of alkyl halides is 3. The van der Waals surface area contributed by atoms with Gasteiger partial charge in [-0.15, -0.1) is 5.10 Å². The number of nitrogens with zero attached hydrogens (tertiary/aromatic N) is 6. The number of anilines is 2.